The van der Waals surface area contributed by atoms with Crippen molar-refractivity contribution in [1.82, 2.24) is 30.8 Å². The summed E-state index contributed by atoms with van der Waals surface area (Å²) in [5, 5.41) is 0. The summed E-state index contributed by atoms with van der Waals surface area (Å²) in [6.07, 6.45) is 3.95. The van der Waals surface area contributed by atoms with Gasteiger partial charge >= 0.3 is 30.8 Å². The van der Waals surface area contributed by atoms with Crippen molar-refractivity contribution in [2.24, 2.45) is 0 Å². The minimum atomic E-state index is -6.09. The van der Waals surface area contributed by atoms with Crippen molar-refractivity contribution in [3.63, 3.8) is 0 Å². The van der Waals surface area contributed by atoms with Crippen LogP contribution < -0.4 is 30.8 Å². The standard InChI is InChI=1S/C9H10S.2CHF3O3S.5H3N.Os/c1-3-8-6-4-5-7-9(8)10-2;2*2-1(3,4)8(5,6)7;;;;;;/h3-7H,1H2,2H3;2*(H,5,6,7);5*1H3;/q;;;;;;;;+2/p-2. The van der Waals surface area contributed by atoms with Gasteiger partial charge in [-0.3, -0.25) is 0 Å². The smallest absolute Gasteiger partial charge is 0.741 e. The number of alkyl halides is 6. The molecule has 0 aliphatic heterocycles. The van der Waals surface area contributed by atoms with Crippen molar-refractivity contribution in [2.45, 2.75) is 15.9 Å². The second-order valence-corrected chi connectivity index (χ2v) is 7.34. The molecule has 0 unspecified atom stereocenters. The van der Waals surface area contributed by atoms with Crippen LogP contribution in [0.25, 0.3) is 6.08 Å². The van der Waals surface area contributed by atoms with E-state index in [1.54, 1.807) is 11.8 Å². The van der Waals surface area contributed by atoms with Crippen molar-refractivity contribution in [3.05, 3.63) is 36.4 Å². The Kier molecular flexibility index (Phi) is 34.2. The molecule has 0 radical (unpaired) electrons. The van der Waals surface area contributed by atoms with Gasteiger partial charge in [0.2, 0.25) is 0 Å². The van der Waals surface area contributed by atoms with E-state index in [0.717, 1.165) is 0 Å². The Bertz CT molecular complexity index is 768. The molecular weight excluding hydrogens is 699 g/mol. The van der Waals surface area contributed by atoms with E-state index in [9.17, 15) is 26.3 Å². The molecule has 0 saturated carbocycles. The molecule has 0 aliphatic rings. The van der Waals surface area contributed by atoms with E-state index in [1.165, 1.54) is 10.5 Å². The average molecular weight is 724 g/mol. The maximum absolute atomic E-state index is 10.7. The first kappa shape index (κ1) is 52.8. The largest absolute Gasteiger partial charge is 2.00 e. The second-order valence-electron chi connectivity index (χ2n) is 3.75. The van der Waals surface area contributed by atoms with Gasteiger partial charge in [-0.05, 0) is 17.9 Å². The second kappa shape index (κ2) is 20.7. The Labute approximate surface area is 199 Å². The topological polar surface area (TPSA) is 289 Å². The molecule has 1 rings (SSSR count). The first-order valence-corrected chi connectivity index (χ1v) is 9.72. The maximum Gasteiger partial charge on any atom is 2.00 e. The van der Waals surface area contributed by atoms with Crippen LogP contribution >= 0.6 is 11.8 Å². The Balaban J connectivity index is -0.0000000415. The van der Waals surface area contributed by atoms with Gasteiger partial charge in [-0.2, -0.15) is 26.3 Å². The van der Waals surface area contributed by atoms with Gasteiger partial charge in [0.15, 0.2) is 20.2 Å². The van der Waals surface area contributed by atoms with Crippen molar-refractivity contribution in [1.29, 1.82) is 0 Å². The maximum atomic E-state index is 10.7. The monoisotopic (exact) mass is 725 g/mol. The van der Waals surface area contributed by atoms with Crippen LogP contribution in [0.2, 0.25) is 0 Å². The average Bonchev–Trinajstić information content (AvgIpc) is 2.44. The van der Waals surface area contributed by atoms with Crippen LogP contribution in [-0.2, 0) is 40.0 Å². The molecular formula is C11H25F6N5O6OsS3. The molecule has 0 spiro atoms. The fraction of sp³-hybridized carbons (Fsp3) is 0.273. The molecule has 0 bridgehead atoms. The van der Waals surface area contributed by atoms with Gasteiger partial charge in [-0.15, -0.1) is 11.8 Å². The number of hydrogen-bond acceptors (Lipinski definition) is 12. The Hall–Kier alpha value is -0.854. The number of thioether (sulfide) groups is 1. The van der Waals surface area contributed by atoms with Crippen LogP contribution in [0.5, 0.6) is 0 Å². The molecule has 0 atom stereocenters. The molecule has 11 nitrogen and oxygen atoms in total. The Morgan fingerprint density at radius 2 is 1.06 bits per heavy atom. The predicted octanol–water partition coefficient (Wildman–Crippen LogP) is 3.96. The third kappa shape index (κ3) is 22.3. The van der Waals surface area contributed by atoms with Crippen LogP contribution in [-0.4, -0.2) is 43.2 Å². The van der Waals surface area contributed by atoms with E-state index in [-0.39, 0.29) is 50.5 Å². The molecule has 0 saturated heterocycles. The van der Waals surface area contributed by atoms with Crippen LogP contribution in [0.3, 0.4) is 0 Å². The quantitative estimate of drug-likeness (QED) is 0.125. The number of halogens is 6. The van der Waals surface area contributed by atoms with Crippen LogP contribution in [0, 0.1) is 0 Å². The summed E-state index contributed by atoms with van der Waals surface area (Å²) in [4.78, 5) is 1.29. The summed E-state index contributed by atoms with van der Waals surface area (Å²) in [6.45, 7) is 3.73. The molecule has 15 N–H and O–H groups in total. The molecule has 1 aromatic rings. The molecule has 1 aromatic carbocycles. The zero-order valence-electron chi connectivity index (χ0n) is 16.4. The summed E-state index contributed by atoms with van der Waals surface area (Å²) in [5.74, 6) is 0. The molecule has 21 heteroatoms. The van der Waals surface area contributed by atoms with Crippen LogP contribution in [0.15, 0.2) is 35.7 Å². The summed E-state index contributed by atoms with van der Waals surface area (Å²) < 4.78 is 118. The van der Waals surface area contributed by atoms with Gasteiger partial charge in [0.1, 0.15) is 0 Å². The first-order chi connectivity index (χ1) is 11.4. The van der Waals surface area contributed by atoms with Crippen molar-refractivity contribution in [3.8, 4) is 0 Å². The fourth-order valence-electron chi connectivity index (χ4n) is 0.835. The summed E-state index contributed by atoms with van der Waals surface area (Å²) in [5.41, 5.74) is -10.1. The predicted molar refractivity (Wildman–Crippen MR) is 105 cm³/mol. The number of benzene rings is 1. The fourth-order valence-corrected chi connectivity index (χ4v) is 1.44. The molecule has 32 heavy (non-hydrogen) atoms. The van der Waals surface area contributed by atoms with Crippen molar-refractivity contribution >= 4 is 38.1 Å². The van der Waals surface area contributed by atoms with E-state index >= 15 is 0 Å². The van der Waals surface area contributed by atoms with Gasteiger partial charge in [0, 0.05) is 4.90 Å². The summed E-state index contributed by atoms with van der Waals surface area (Å²) >= 11 is 1.75. The molecule has 0 fully saturated rings. The van der Waals surface area contributed by atoms with Gasteiger partial charge in [0.05, 0.1) is 0 Å². The zero-order valence-corrected chi connectivity index (χ0v) is 21.4. The first-order valence-electron chi connectivity index (χ1n) is 5.68. The SMILES string of the molecule is C=Cc1ccccc1SC.N.N.N.N.N.O=S(=O)([O-])C(F)(F)F.O=S(=O)([O-])C(F)(F)F.[Os+2]. The molecule has 0 heterocycles. The van der Waals surface area contributed by atoms with Crippen molar-refractivity contribution in [2.75, 3.05) is 6.26 Å². The molecule has 198 valence electrons. The van der Waals surface area contributed by atoms with E-state index in [1.807, 2.05) is 18.2 Å². The van der Waals surface area contributed by atoms with E-state index < -0.39 is 31.3 Å². The minimum Gasteiger partial charge on any atom is -0.741 e. The van der Waals surface area contributed by atoms with E-state index in [0.29, 0.717) is 0 Å². The number of hydrogen-bond donors (Lipinski definition) is 5. The third-order valence-corrected chi connectivity index (χ3v) is 3.87. The van der Waals surface area contributed by atoms with Gasteiger partial charge in [0.25, 0.3) is 0 Å². The third-order valence-electron chi connectivity index (χ3n) is 1.93. The zero-order chi connectivity index (χ0) is 21.4. The molecule has 0 aliphatic carbocycles. The minimum absolute atomic E-state index is 0. The Morgan fingerprint density at radius 1 is 0.812 bits per heavy atom. The van der Waals surface area contributed by atoms with E-state index in [4.69, 9.17) is 25.9 Å². The van der Waals surface area contributed by atoms with Gasteiger partial charge in [-0.25, -0.2) is 16.8 Å². The van der Waals surface area contributed by atoms with E-state index in [2.05, 4.69) is 25.0 Å². The van der Waals surface area contributed by atoms with Crippen LogP contribution in [0.4, 0.5) is 26.3 Å². The Morgan fingerprint density at radius 3 is 1.22 bits per heavy atom. The molecule has 0 amide bonds. The van der Waals surface area contributed by atoms with Crippen molar-refractivity contribution < 1.29 is 72.1 Å². The van der Waals surface area contributed by atoms with Gasteiger partial charge in [-0.1, -0.05) is 30.9 Å². The summed E-state index contributed by atoms with van der Waals surface area (Å²) in [7, 11) is -12.2. The normalized spacial score (nSPS) is 9.91. The molecule has 0 aromatic heterocycles. The number of rotatable bonds is 2. The summed E-state index contributed by atoms with van der Waals surface area (Å²) in [6, 6.07) is 8.23. The van der Waals surface area contributed by atoms with Crippen LogP contribution in [0.1, 0.15) is 5.56 Å². The van der Waals surface area contributed by atoms with Gasteiger partial charge < -0.3 is 39.9 Å².